The van der Waals surface area contributed by atoms with Crippen molar-refractivity contribution >= 4 is 23.0 Å². The predicted octanol–water partition coefficient (Wildman–Crippen LogP) is 2.79. The van der Waals surface area contributed by atoms with Gasteiger partial charge in [0.25, 0.3) is 0 Å². The van der Waals surface area contributed by atoms with E-state index >= 15 is 0 Å². The van der Waals surface area contributed by atoms with E-state index in [1.165, 1.54) is 0 Å². The minimum Gasteiger partial charge on any atom is -0.492 e. The van der Waals surface area contributed by atoms with Crippen molar-refractivity contribution in [3.8, 4) is 5.75 Å². The van der Waals surface area contributed by atoms with Crippen LogP contribution in [0.3, 0.4) is 0 Å². The van der Waals surface area contributed by atoms with E-state index in [9.17, 15) is 0 Å². The Morgan fingerprint density at radius 1 is 1.33 bits per heavy atom. The van der Waals surface area contributed by atoms with Gasteiger partial charge in [0.15, 0.2) is 5.11 Å². The number of aromatic nitrogens is 2. The molecule has 5 nitrogen and oxygen atoms in total. The van der Waals surface area contributed by atoms with Crippen molar-refractivity contribution in [2.24, 2.45) is 0 Å². The Morgan fingerprint density at radius 3 is 2.86 bits per heavy atom. The smallest absolute Gasteiger partial charge is 0.171 e. The molecule has 21 heavy (non-hydrogen) atoms. The van der Waals surface area contributed by atoms with Crippen LogP contribution in [0.25, 0.3) is 0 Å². The highest BCUT2D eigenvalue weighted by Gasteiger charge is 2.05. The molecule has 2 aromatic rings. The summed E-state index contributed by atoms with van der Waals surface area (Å²) in [4.78, 5) is 0. The molecule has 0 spiro atoms. The van der Waals surface area contributed by atoms with E-state index in [1.807, 2.05) is 48.3 Å². The van der Waals surface area contributed by atoms with Crippen LogP contribution in [0, 0.1) is 0 Å². The number of hydrogen-bond donors (Lipinski definition) is 2. The molecule has 112 valence electrons. The lowest BCUT2D eigenvalue weighted by Crippen LogP contribution is -2.28. The Hall–Kier alpha value is -2.08. The zero-order chi connectivity index (χ0) is 15.1. The number of nitrogens with zero attached hydrogens (tertiary/aromatic N) is 2. The third kappa shape index (κ3) is 4.46. The van der Waals surface area contributed by atoms with Crippen molar-refractivity contribution < 1.29 is 4.74 Å². The normalized spacial score (nSPS) is 10.2. The van der Waals surface area contributed by atoms with Crippen molar-refractivity contribution in [1.29, 1.82) is 0 Å². The fraction of sp³-hybridized carbons (Fsp3) is 0.333. The molecule has 1 heterocycles. The van der Waals surface area contributed by atoms with E-state index in [1.54, 1.807) is 0 Å². The highest BCUT2D eigenvalue weighted by molar-refractivity contribution is 7.80. The second-order valence-electron chi connectivity index (χ2n) is 4.44. The molecule has 0 radical (unpaired) electrons. The molecule has 6 heteroatoms. The standard InChI is InChI=1S/C15H20N4OS/c1-3-19-11-12(10-17-19)9-16-15(21)18-13-7-5-6-8-14(13)20-4-2/h5-8,10-11H,3-4,9H2,1-2H3,(H2,16,18,21). The summed E-state index contributed by atoms with van der Waals surface area (Å²) in [5.41, 5.74) is 1.96. The molecule has 2 rings (SSSR count). The van der Waals surface area contributed by atoms with Crippen LogP contribution < -0.4 is 15.4 Å². The van der Waals surface area contributed by atoms with Gasteiger partial charge in [0.1, 0.15) is 5.75 Å². The lowest BCUT2D eigenvalue weighted by atomic mass is 10.3. The fourth-order valence-corrected chi connectivity index (χ4v) is 2.05. The molecule has 0 aliphatic rings. The molecule has 0 bridgehead atoms. The van der Waals surface area contributed by atoms with Gasteiger partial charge >= 0.3 is 0 Å². The first-order chi connectivity index (χ1) is 10.2. The molecule has 0 saturated heterocycles. The number of benzene rings is 1. The molecule has 0 aliphatic carbocycles. The van der Waals surface area contributed by atoms with E-state index < -0.39 is 0 Å². The molecule has 0 fully saturated rings. The molecule has 2 N–H and O–H groups in total. The maximum Gasteiger partial charge on any atom is 0.171 e. The van der Waals surface area contributed by atoms with Gasteiger partial charge in [0, 0.05) is 24.8 Å². The summed E-state index contributed by atoms with van der Waals surface area (Å²) in [6.45, 7) is 6.14. The topological polar surface area (TPSA) is 51.1 Å². The molecule has 0 aliphatic heterocycles. The molecule has 0 atom stereocenters. The van der Waals surface area contributed by atoms with E-state index in [-0.39, 0.29) is 0 Å². The number of anilines is 1. The number of thiocarbonyl (C=S) groups is 1. The maximum atomic E-state index is 5.56. The van der Waals surface area contributed by atoms with Gasteiger partial charge in [-0.3, -0.25) is 4.68 Å². The average molecular weight is 304 g/mol. The molecule has 0 amide bonds. The van der Waals surface area contributed by atoms with Crippen molar-refractivity contribution in [3.05, 3.63) is 42.2 Å². The minimum absolute atomic E-state index is 0.561. The Kier molecular flexibility index (Phi) is 5.57. The Bertz CT molecular complexity index is 597. The number of nitrogens with one attached hydrogen (secondary N) is 2. The summed E-state index contributed by atoms with van der Waals surface area (Å²) in [5.74, 6) is 0.794. The van der Waals surface area contributed by atoms with Crippen LogP contribution in [0.4, 0.5) is 5.69 Å². The van der Waals surface area contributed by atoms with E-state index in [4.69, 9.17) is 17.0 Å². The van der Waals surface area contributed by atoms with Gasteiger partial charge in [-0.05, 0) is 38.2 Å². The Morgan fingerprint density at radius 2 is 2.14 bits per heavy atom. The van der Waals surface area contributed by atoms with Crippen LogP contribution in [0.2, 0.25) is 0 Å². The number of ether oxygens (including phenoxy) is 1. The van der Waals surface area contributed by atoms with E-state index in [2.05, 4.69) is 22.7 Å². The van der Waals surface area contributed by atoms with Gasteiger partial charge in [0.2, 0.25) is 0 Å². The quantitative estimate of drug-likeness (QED) is 0.804. The summed E-state index contributed by atoms with van der Waals surface area (Å²) in [5, 5.41) is 11.1. The van der Waals surface area contributed by atoms with Crippen molar-refractivity contribution in [1.82, 2.24) is 15.1 Å². The lowest BCUT2D eigenvalue weighted by molar-refractivity contribution is 0.342. The first kappa shape index (κ1) is 15.3. The Labute approximate surface area is 130 Å². The van der Waals surface area contributed by atoms with Crippen LogP contribution in [-0.2, 0) is 13.1 Å². The molecular weight excluding hydrogens is 284 g/mol. The number of rotatable bonds is 6. The Balaban J connectivity index is 1.89. The highest BCUT2D eigenvalue weighted by atomic mass is 32.1. The minimum atomic E-state index is 0.561. The number of aryl methyl sites for hydroxylation is 1. The predicted molar refractivity (Wildman–Crippen MR) is 88.6 cm³/mol. The second-order valence-corrected chi connectivity index (χ2v) is 4.85. The number of para-hydroxylation sites is 2. The zero-order valence-corrected chi connectivity index (χ0v) is 13.1. The second kappa shape index (κ2) is 7.64. The van der Waals surface area contributed by atoms with E-state index in [0.29, 0.717) is 18.3 Å². The monoisotopic (exact) mass is 304 g/mol. The van der Waals surface area contributed by atoms with Gasteiger partial charge in [-0.1, -0.05) is 12.1 Å². The van der Waals surface area contributed by atoms with Gasteiger partial charge < -0.3 is 15.4 Å². The van der Waals surface area contributed by atoms with Crippen molar-refractivity contribution in [3.63, 3.8) is 0 Å². The van der Waals surface area contributed by atoms with Crippen molar-refractivity contribution in [2.75, 3.05) is 11.9 Å². The van der Waals surface area contributed by atoms with Crippen LogP contribution in [0.15, 0.2) is 36.7 Å². The summed E-state index contributed by atoms with van der Waals surface area (Å²) in [7, 11) is 0. The molecule has 0 unspecified atom stereocenters. The third-order valence-electron chi connectivity index (χ3n) is 2.90. The first-order valence-electron chi connectivity index (χ1n) is 7.01. The van der Waals surface area contributed by atoms with Crippen LogP contribution in [-0.4, -0.2) is 21.5 Å². The third-order valence-corrected chi connectivity index (χ3v) is 3.15. The van der Waals surface area contributed by atoms with Crippen LogP contribution >= 0.6 is 12.2 Å². The largest absolute Gasteiger partial charge is 0.492 e. The summed E-state index contributed by atoms with van der Waals surface area (Å²) < 4.78 is 7.44. The summed E-state index contributed by atoms with van der Waals surface area (Å²) in [6.07, 6.45) is 3.84. The zero-order valence-electron chi connectivity index (χ0n) is 12.3. The van der Waals surface area contributed by atoms with Crippen molar-refractivity contribution in [2.45, 2.75) is 26.9 Å². The highest BCUT2D eigenvalue weighted by Crippen LogP contribution is 2.23. The molecule has 1 aromatic heterocycles. The van der Waals surface area contributed by atoms with Gasteiger partial charge in [-0.15, -0.1) is 0 Å². The van der Waals surface area contributed by atoms with Crippen LogP contribution in [0.5, 0.6) is 5.75 Å². The van der Waals surface area contributed by atoms with Gasteiger partial charge in [0.05, 0.1) is 18.5 Å². The van der Waals surface area contributed by atoms with Crippen LogP contribution in [0.1, 0.15) is 19.4 Å². The molecular formula is C15H20N4OS. The van der Waals surface area contributed by atoms with E-state index in [0.717, 1.165) is 23.5 Å². The number of hydrogen-bond acceptors (Lipinski definition) is 3. The average Bonchev–Trinajstić information content (AvgIpc) is 2.95. The molecule has 0 saturated carbocycles. The summed E-state index contributed by atoms with van der Waals surface area (Å²) in [6, 6.07) is 7.73. The van der Waals surface area contributed by atoms with Gasteiger partial charge in [-0.25, -0.2) is 0 Å². The fourth-order valence-electron chi connectivity index (χ4n) is 1.87. The lowest BCUT2D eigenvalue weighted by Gasteiger charge is -2.13. The first-order valence-corrected chi connectivity index (χ1v) is 7.41. The SMILES string of the molecule is CCOc1ccccc1NC(=S)NCc1cnn(CC)c1. The summed E-state index contributed by atoms with van der Waals surface area (Å²) >= 11 is 5.31. The molecule has 1 aromatic carbocycles. The van der Waals surface area contributed by atoms with Gasteiger partial charge in [-0.2, -0.15) is 5.10 Å². The maximum absolute atomic E-state index is 5.56.